The van der Waals surface area contributed by atoms with Crippen molar-refractivity contribution in [3.8, 4) is 0 Å². The molecule has 0 radical (unpaired) electrons. The van der Waals surface area contributed by atoms with E-state index in [1.165, 1.54) is 17.3 Å². The molecule has 1 N–H and O–H groups in total. The minimum atomic E-state index is -0.221. The highest BCUT2D eigenvalue weighted by Gasteiger charge is 2.18. The van der Waals surface area contributed by atoms with Gasteiger partial charge in [-0.3, -0.25) is 4.79 Å². The first-order chi connectivity index (χ1) is 11.3. The molecule has 0 unspecified atom stereocenters. The lowest BCUT2D eigenvalue weighted by Crippen LogP contribution is -2.22. The smallest absolute Gasteiger partial charge is 0.237 e. The minimum absolute atomic E-state index is 0.0152. The summed E-state index contributed by atoms with van der Waals surface area (Å²) in [6.07, 6.45) is 0. The fraction of sp³-hybridized carbons (Fsp3) is 0.471. The summed E-state index contributed by atoms with van der Waals surface area (Å²) in [4.78, 5) is 12.4. The van der Waals surface area contributed by atoms with Gasteiger partial charge >= 0.3 is 0 Å². The molecule has 130 valence electrons. The molecular weight excluding hydrogens is 358 g/mol. The number of anilines is 1. The Labute approximate surface area is 156 Å². The van der Waals surface area contributed by atoms with Crippen LogP contribution in [0.1, 0.15) is 31.9 Å². The normalized spacial score (nSPS) is 12.4. The maximum absolute atomic E-state index is 12.4. The lowest BCUT2D eigenvalue weighted by atomic mass is 10.1. The molecule has 24 heavy (non-hydrogen) atoms. The Morgan fingerprint density at radius 1 is 1.21 bits per heavy atom. The lowest BCUT2D eigenvalue weighted by Gasteiger charge is -2.12. The van der Waals surface area contributed by atoms with Crippen molar-refractivity contribution >= 4 is 46.5 Å². The molecule has 1 atom stereocenters. The van der Waals surface area contributed by atoms with E-state index in [1.54, 1.807) is 23.1 Å². The third-order valence-corrected chi connectivity index (χ3v) is 6.88. The van der Waals surface area contributed by atoms with Crippen LogP contribution in [0.15, 0.2) is 26.9 Å². The van der Waals surface area contributed by atoms with E-state index in [-0.39, 0.29) is 11.2 Å². The highest BCUT2D eigenvalue weighted by molar-refractivity contribution is 8.03. The monoisotopic (exact) mass is 381 g/mol. The molecule has 4 nitrogen and oxygen atoms in total. The zero-order valence-electron chi connectivity index (χ0n) is 14.6. The molecule has 7 heteroatoms. The van der Waals surface area contributed by atoms with Crippen molar-refractivity contribution < 1.29 is 4.79 Å². The number of carbonyl (C=O) groups is 1. The number of carbonyl (C=O) groups excluding carboxylic acids is 1. The second kappa shape index (κ2) is 8.87. The van der Waals surface area contributed by atoms with Gasteiger partial charge in [-0.1, -0.05) is 66.4 Å². The van der Waals surface area contributed by atoms with E-state index >= 15 is 0 Å². The molecular formula is C17H23N3OS3. The Morgan fingerprint density at radius 2 is 1.92 bits per heavy atom. The molecule has 2 aromatic rings. The van der Waals surface area contributed by atoms with Crippen molar-refractivity contribution in [1.29, 1.82) is 0 Å². The SMILES string of the molecule is Cc1ccc(NC(=O)[C@H](C)Sc2nnc(SCC(C)C)s2)c(C)c1. The number of nitrogens with zero attached hydrogens (tertiary/aromatic N) is 2. The van der Waals surface area contributed by atoms with Gasteiger partial charge in [-0.05, 0) is 38.3 Å². The highest BCUT2D eigenvalue weighted by Crippen LogP contribution is 2.32. The van der Waals surface area contributed by atoms with E-state index < -0.39 is 0 Å². The summed E-state index contributed by atoms with van der Waals surface area (Å²) in [5.41, 5.74) is 3.13. The van der Waals surface area contributed by atoms with Crippen molar-refractivity contribution in [2.45, 2.75) is 48.5 Å². The van der Waals surface area contributed by atoms with E-state index in [1.807, 2.05) is 32.9 Å². The molecule has 1 aromatic heterocycles. The summed E-state index contributed by atoms with van der Waals surface area (Å²) in [5.74, 6) is 1.64. The Hall–Kier alpha value is -1.05. The van der Waals surface area contributed by atoms with E-state index in [9.17, 15) is 4.79 Å². The largest absolute Gasteiger partial charge is 0.325 e. The second-order valence-electron chi connectivity index (χ2n) is 6.11. The van der Waals surface area contributed by atoms with Gasteiger partial charge in [0.2, 0.25) is 5.91 Å². The van der Waals surface area contributed by atoms with Crippen LogP contribution in [0.5, 0.6) is 0 Å². The van der Waals surface area contributed by atoms with Gasteiger partial charge in [-0.2, -0.15) is 0 Å². The molecule has 1 heterocycles. The van der Waals surface area contributed by atoms with Gasteiger partial charge in [-0.15, -0.1) is 10.2 Å². The predicted molar refractivity (Wildman–Crippen MR) is 105 cm³/mol. The Bertz CT molecular complexity index is 700. The molecule has 0 aliphatic rings. The van der Waals surface area contributed by atoms with Crippen molar-refractivity contribution in [1.82, 2.24) is 10.2 Å². The van der Waals surface area contributed by atoms with Crippen LogP contribution in [0.3, 0.4) is 0 Å². The van der Waals surface area contributed by atoms with Crippen LogP contribution in [-0.4, -0.2) is 27.1 Å². The number of nitrogens with one attached hydrogen (secondary N) is 1. The van der Waals surface area contributed by atoms with Gasteiger partial charge < -0.3 is 5.32 Å². The molecule has 0 fully saturated rings. The van der Waals surface area contributed by atoms with Gasteiger partial charge in [0.15, 0.2) is 8.68 Å². The van der Waals surface area contributed by atoms with Crippen LogP contribution < -0.4 is 5.32 Å². The summed E-state index contributed by atoms with van der Waals surface area (Å²) < 4.78 is 1.80. The van der Waals surface area contributed by atoms with Crippen LogP contribution in [0.25, 0.3) is 0 Å². The Morgan fingerprint density at radius 3 is 2.58 bits per heavy atom. The maximum Gasteiger partial charge on any atom is 0.237 e. The molecule has 1 aromatic carbocycles. The minimum Gasteiger partial charge on any atom is -0.325 e. The van der Waals surface area contributed by atoms with Gasteiger partial charge in [-0.25, -0.2) is 0 Å². The van der Waals surface area contributed by atoms with Gasteiger partial charge in [0.1, 0.15) is 0 Å². The number of aryl methyl sites for hydroxylation is 2. The summed E-state index contributed by atoms with van der Waals surface area (Å²) in [6.45, 7) is 10.3. The molecule has 0 aliphatic heterocycles. The van der Waals surface area contributed by atoms with Crippen molar-refractivity contribution in [2.24, 2.45) is 5.92 Å². The van der Waals surface area contributed by atoms with E-state index in [4.69, 9.17) is 0 Å². The number of aromatic nitrogens is 2. The van der Waals surface area contributed by atoms with E-state index in [0.717, 1.165) is 25.7 Å². The third-order valence-electron chi connectivity index (χ3n) is 3.21. The van der Waals surface area contributed by atoms with E-state index in [0.29, 0.717) is 5.92 Å². The van der Waals surface area contributed by atoms with Crippen LogP contribution in [-0.2, 0) is 4.79 Å². The summed E-state index contributed by atoms with van der Waals surface area (Å²) in [6, 6.07) is 6.02. The molecule has 0 saturated heterocycles. The number of thioether (sulfide) groups is 2. The first-order valence-electron chi connectivity index (χ1n) is 7.86. The molecule has 1 amide bonds. The van der Waals surface area contributed by atoms with E-state index in [2.05, 4.69) is 35.4 Å². The zero-order chi connectivity index (χ0) is 17.7. The average molecular weight is 382 g/mol. The topological polar surface area (TPSA) is 54.9 Å². The Balaban J connectivity index is 1.91. The molecule has 0 aliphatic carbocycles. The van der Waals surface area contributed by atoms with Crippen molar-refractivity contribution in [3.63, 3.8) is 0 Å². The van der Waals surface area contributed by atoms with Crippen LogP contribution in [0.2, 0.25) is 0 Å². The Kier molecular flexibility index (Phi) is 7.13. The number of hydrogen-bond acceptors (Lipinski definition) is 6. The summed E-state index contributed by atoms with van der Waals surface area (Å²) >= 11 is 4.73. The number of amides is 1. The summed E-state index contributed by atoms with van der Waals surface area (Å²) in [5, 5.41) is 11.1. The van der Waals surface area contributed by atoms with Gasteiger partial charge in [0.25, 0.3) is 0 Å². The van der Waals surface area contributed by atoms with Crippen molar-refractivity contribution in [3.05, 3.63) is 29.3 Å². The third kappa shape index (κ3) is 5.79. The number of benzene rings is 1. The molecule has 0 spiro atoms. The first kappa shape index (κ1) is 19.3. The molecule has 0 saturated carbocycles. The zero-order valence-corrected chi connectivity index (χ0v) is 17.1. The average Bonchev–Trinajstić information content (AvgIpc) is 2.95. The first-order valence-corrected chi connectivity index (χ1v) is 10.5. The maximum atomic E-state index is 12.4. The fourth-order valence-corrected chi connectivity index (χ4v) is 5.07. The molecule has 0 bridgehead atoms. The highest BCUT2D eigenvalue weighted by atomic mass is 32.2. The second-order valence-corrected chi connectivity index (χ2v) is 9.94. The fourth-order valence-electron chi connectivity index (χ4n) is 1.93. The van der Waals surface area contributed by atoms with Gasteiger partial charge in [0.05, 0.1) is 5.25 Å². The van der Waals surface area contributed by atoms with Crippen LogP contribution in [0, 0.1) is 19.8 Å². The van der Waals surface area contributed by atoms with Crippen LogP contribution >= 0.6 is 34.9 Å². The van der Waals surface area contributed by atoms with Crippen LogP contribution in [0.4, 0.5) is 5.69 Å². The standard InChI is InChI=1S/C17H23N3OS3/c1-10(2)9-22-16-19-20-17(24-16)23-13(5)15(21)18-14-7-6-11(3)8-12(14)4/h6-8,10,13H,9H2,1-5H3,(H,18,21)/t13-/m0/s1. The number of hydrogen-bond donors (Lipinski definition) is 1. The number of rotatable bonds is 7. The quantitative estimate of drug-likeness (QED) is 0.682. The van der Waals surface area contributed by atoms with Crippen molar-refractivity contribution in [2.75, 3.05) is 11.1 Å². The predicted octanol–water partition coefficient (Wildman–Crippen LogP) is 5.02. The molecule has 2 rings (SSSR count). The van der Waals surface area contributed by atoms with Gasteiger partial charge in [0, 0.05) is 11.4 Å². The summed E-state index contributed by atoms with van der Waals surface area (Å²) in [7, 11) is 0. The lowest BCUT2D eigenvalue weighted by molar-refractivity contribution is -0.115.